The average Bonchev–Trinajstić information content (AvgIpc) is 2.82. The minimum Gasteiger partial charge on any atom is -0.480 e. The number of carbonyl (C=O) groups is 1. The zero-order valence-electron chi connectivity index (χ0n) is 8.21. The molecule has 0 aliphatic carbocycles. The lowest BCUT2D eigenvalue weighted by atomic mass is 10.4. The molecule has 0 unspecified atom stereocenters. The van der Waals surface area contributed by atoms with Crippen molar-refractivity contribution in [1.29, 1.82) is 0 Å². The molecule has 0 spiro atoms. The summed E-state index contributed by atoms with van der Waals surface area (Å²) >= 11 is 0. The summed E-state index contributed by atoms with van der Waals surface area (Å²) in [6.45, 7) is 0. The van der Waals surface area contributed by atoms with E-state index in [9.17, 15) is 4.79 Å². The summed E-state index contributed by atoms with van der Waals surface area (Å²) < 4.78 is 4.84. The minimum absolute atomic E-state index is 0.0645. The molecule has 9 heteroatoms. The van der Waals surface area contributed by atoms with Gasteiger partial charge in [0.15, 0.2) is 5.69 Å². The topological polar surface area (TPSA) is 119 Å². The first-order valence-electron chi connectivity index (χ1n) is 4.20. The first-order chi connectivity index (χ1) is 7.79. The van der Waals surface area contributed by atoms with E-state index in [2.05, 4.69) is 35.9 Å². The van der Waals surface area contributed by atoms with Gasteiger partial charge < -0.3 is 4.74 Å². The Labute approximate surface area is 89.3 Å². The molecule has 0 bridgehead atoms. The second-order valence-electron chi connectivity index (χ2n) is 2.64. The van der Waals surface area contributed by atoms with Crippen LogP contribution in [0.4, 0.5) is 5.95 Å². The summed E-state index contributed by atoms with van der Waals surface area (Å²) in [5, 5.41) is 15.0. The number of aromatic nitrogens is 6. The number of hydrogen-bond acceptors (Lipinski definition) is 7. The summed E-state index contributed by atoms with van der Waals surface area (Å²) in [5.41, 5.74) is 0.101. The van der Waals surface area contributed by atoms with Gasteiger partial charge in [0.2, 0.25) is 5.88 Å². The number of anilines is 1. The molecule has 2 aromatic rings. The molecule has 2 heterocycles. The maximum absolute atomic E-state index is 11.6. The third kappa shape index (κ3) is 2.08. The fraction of sp³-hybridized carbons (Fsp3) is 0.143. The minimum atomic E-state index is -0.493. The molecule has 0 radical (unpaired) electrons. The lowest BCUT2D eigenvalue weighted by molar-refractivity contribution is 0.102. The normalized spacial score (nSPS) is 9.81. The summed E-state index contributed by atoms with van der Waals surface area (Å²) in [4.78, 5) is 19.3. The van der Waals surface area contributed by atoms with E-state index in [4.69, 9.17) is 4.74 Å². The van der Waals surface area contributed by atoms with Crippen molar-refractivity contribution in [3.8, 4) is 5.88 Å². The number of nitrogens with one attached hydrogen (secondary N) is 2. The third-order valence-electron chi connectivity index (χ3n) is 1.62. The Morgan fingerprint density at radius 2 is 2.38 bits per heavy atom. The number of rotatable bonds is 3. The van der Waals surface area contributed by atoms with Crippen LogP contribution in [0.25, 0.3) is 0 Å². The highest BCUT2D eigenvalue weighted by Gasteiger charge is 2.11. The van der Waals surface area contributed by atoms with E-state index in [1.807, 2.05) is 0 Å². The molecule has 2 rings (SSSR count). The van der Waals surface area contributed by atoms with Gasteiger partial charge in [-0.15, -0.1) is 5.10 Å². The monoisotopic (exact) mass is 221 g/mol. The van der Waals surface area contributed by atoms with Gasteiger partial charge in [-0.2, -0.15) is 5.21 Å². The van der Waals surface area contributed by atoms with Gasteiger partial charge in [0.1, 0.15) is 0 Å². The van der Waals surface area contributed by atoms with Crippen LogP contribution in [-0.2, 0) is 0 Å². The number of hydrogen-bond donors (Lipinski definition) is 2. The van der Waals surface area contributed by atoms with Crippen molar-refractivity contribution in [3.05, 3.63) is 18.1 Å². The van der Waals surface area contributed by atoms with Gasteiger partial charge in [-0.05, 0) is 5.21 Å². The summed E-state index contributed by atoms with van der Waals surface area (Å²) in [6, 6.07) is 0. The van der Waals surface area contributed by atoms with Crippen molar-refractivity contribution in [2.45, 2.75) is 0 Å². The number of amides is 1. The number of carbonyl (C=O) groups excluding carboxylic acids is 1. The molecule has 0 saturated carbocycles. The molecule has 0 atom stereocenters. The van der Waals surface area contributed by atoms with E-state index >= 15 is 0 Å². The molecule has 0 saturated heterocycles. The zero-order chi connectivity index (χ0) is 11.4. The summed E-state index contributed by atoms with van der Waals surface area (Å²) in [6.07, 6.45) is 2.70. The van der Waals surface area contributed by atoms with Gasteiger partial charge in [-0.3, -0.25) is 15.1 Å². The molecule has 0 aliphatic heterocycles. The number of H-pyrrole nitrogens is 1. The Bertz CT molecular complexity index is 483. The summed E-state index contributed by atoms with van der Waals surface area (Å²) in [7, 11) is 1.44. The Kier molecular flexibility index (Phi) is 2.67. The standard InChI is InChI=1S/C7H7N7O2/c1-16-5-3-8-2-4(9-5)6(15)10-7-11-13-14-12-7/h2-3H,1H3,(H2,10,11,12,13,14,15). The van der Waals surface area contributed by atoms with Crippen LogP contribution in [0.1, 0.15) is 10.5 Å². The van der Waals surface area contributed by atoms with Gasteiger partial charge in [0, 0.05) is 0 Å². The van der Waals surface area contributed by atoms with Crippen LogP contribution >= 0.6 is 0 Å². The molecular formula is C7H7N7O2. The Morgan fingerprint density at radius 3 is 3.06 bits per heavy atom. The van der Waals surface area contributed by atoms with Gasteiger partial charge >= 0.3 is 0 Å². The quantitative estimate of drug-likeness (QED) is 0.699. The van der Waals surface area contributed by atoms with Crippen molar-refractivity contribution < 1.29 is 9.53 Å². The van der Waals surface area contributed by atoms with Crippen LogP contribution in [-0.4, -0.2) is 43.6 Å². The number of methoxy groups -OCH3 is 1. The molecule has 0 aliphatic rings. The van der Waals surface area contributed by atoms with Crippen molar-refractivity contribution >= 4 is 11.9 Å². The molecule has 0 fully saturated rings. The van der Waals surface area contributed by atoms with E-state index in [0.717, 1.165) is 0 Å². The Hall–Kier alpha value is -2.58. The highest BCUT2D eigenvalue weighted by Crippen LogP contribution is 2.05. The molecule has 2 aromatic heterocycles. The fourth-order valence-corrected chi connectivity index (χ4v) is 0.936. The maximum atomic E-state index is 11.6. The zero-order valence-corrected chi connectivity index (χ0v) is 8.21. The van der Waals surface area contributed by atoms with Crippen molar-refractivity contribution in [2.75, 3.05) is 12.4 Å². The van der Waals surface area contributed by atoms with Crippen molar-refractivity contribution in [2.24, 2.45) is 0 Å². The van der Waals surface area contributed by atoms with Gasteiger partial charge in [-0.25, -0.2) is 4.98 Å². The number of tetrazole rings is 1. The first kappa shape index (κ1) is 9.96. The summed E-state index contributed by atoms with van der Waals surface area (Å²) in [5.74, 6) is -0.178. The average molecular weight is 221 g/mol. The van der Waals surface area contributed by atoms with Crippen LogP contribution in [0, 0.1) is 0 Å². The highest BCUT2D eigenvalue weighted by molar-refractivity contribution is 6.01. The van der Waals surface area contributed by atoms with Gasteiger partial charge in [0.25, 0.3) is 11.9 Å². The highest BCUT2D eigenvalue weighted by atomic mass is 16.5. The second-order valence-corrected chi connectivity index (χ2v) is 2.64. The van der Waals surface area contributed by atoms with Crippen molar-refractivity contribution in [1.82, 2.24) is 30.6 Å². The van der Waals surface area contributed by atoms with Crippen LogP contribution < -0.4 is 10.1 Å². The molecule has 0 aromatic carbocycles. The first-order valence-corrected chi connectivity index (χ1v) is 4.20. The lowest BCUT2D eigenvalue weighted by Crippen LogP contribution is -2.15. The van der Waals surface area contributed by atoms with Crippen LogP contribution in [0.2, 0.25) is 0 Å². The lowest BCUT2D eigenvalue weighted by Gasteiger charge is -2.01. The third-order valence-corrected chi connectivity index (χ3v) is 1.62. The Balaban J connectivity index is 2.14. The molecular weight excluding hydrogens is 214 g/mol. The number of ether oxygens (including phenoxy) is 1. The predicted molar refractivity (Wildman–Crippen MR) is 50.7 cm³/mol. The molecule has 16 heavy (non-hydrogen) atoms. The van der Waals surface area contributed by atoms with Gasteiger partial charge in [-0.1, -0.05) is 5.10 Å². The van der Waals surface area contributed by atoms with Crippen LogP contribution in [0.15, 0.2) is 12.4 Å². The molecule has 9 nitrogen and oxygen atoms in total. The predicted octanol–water partition coefficient (Wildman–Crippen LogP) is -0.749. The fourth-order valence-electron chi connectivity index (χ4n) is 0.936. The number of nitrogens with zero attached hydrogens (tertiary/aromatic N) is 5. The van der Waals surface area contributed by atoms with E-state index in [-0.39, 0.29) is 17.5 Å². The van der Waals surface area contributed by atoms with Crippen LogP contribution in [0.5, 0.6) is 5.88 Å². The number of aromatic amines is 1. The largest absolute Gasteiger partial charge is 0.480 e. The van der Waals surface area contributed by atoms with E-state index in [1.165, 1.54) is 19.5 Å². The molecule has 2 N–H and O–H groups in total. The van der Waals surface area contributed by atoms with Crippen molar-refractivity contribution in [3.63, 3.8) is 0 Å². The maximum Gasteiger partial charge on any atom is 0.278 e. The van der Waals surface area contributed by atoms with E-state index < -0.39 is 5.91 Å². The van der Waals surface area contributed by atoms with E-state index in [0.29, 0.717) is 0 Å². The van der Waals surface area contributed by atoms with E-state index in [1.54, 1.807) is 0 Å². The molecule has 1 amide bonds. The molecule has 82 valence electrons. The Morgan fingerprint density at radius 1 is 1.50 bits per heavy atom. The second kappa shape index (κ2) is 4.29. The van der Waals surface area contributed by atoms with Crippen LogP contribution in [0.3, 0.4) is 0 Å². The SMILES string of the molecule is COc1cncc(C(=O)Nc2nn[nH]n2)n1. The smallest absolute Gasteiger partial charge is 0.278 e. The van der Waals surface area contributed by atoms with Gasteiger partial charge in [0.05, 0.1) is 19.5 Å².